The molecule has 0 aliphatic carbocycles. The van der Waals surface area contributed by atoms with Crippen LogP contribution in [-0.2, 0) is 48.3 Å². The van der Waals surface area contributed by atoms with Crippen molar-refractivity contribution >= 4 is 5.97 Å². The number of carbonyl (C=O) groups is 1. The SMILES string of the molecule is CC(=O)O[C@H]1[C@H](OCc2ccccc2)[C@@H](OCc2ccccc2)[C@H](OCc2ccccc2)CO[C@@H]1O. The molecule has 0 radical (unpaired) electrons. The van der Waals surface area contributed by atoms with Crippen LogP contribution in [0.2, 0.25) is 0 Å². The van der Waals surface area contributed by atoms with Crippen molar-refractivity contribution in [2.24, 2.45) is 0 Å². The molecule has 0 unspecified atom stereocenters. The van der Waals surface area contributed by atoms with Gasteiger partial charge in [0.2, 0.25) is 0 Å². The smallest absolute Gasteiger partial charge is 0.303 e. The van der Waals surface area contributed by atoms with E-state index in [0.717, 1.165) is 16.7 Å². The van der Waals surface area contributed by atoms with E-state index >= 15 is 0 Å². The monoisotopic (exact) mass is 492 g/mol. The lowest BCUT2D eigenvalue weighted by molar-refractivity contribution is -0.216. The van der Waals surface area contributed by atoms with Crippen LogP contribution in [-0.4, -0.2) is 48.4 Å². The second kappa shape index (κ2) is 13.3. The van der Waals surface area contributed by atoms with Crippen LogP contribution >= 0.6 is 0 Å². The highest BCUT2D eigenvalue weighted by molar-refractivity contribution is 5.66. The topological polar surface area (TPSA) is 83.5 Å². The van der Waals surface area contributed by atoms with Crippen molar-refractivity contribution in [2.75, 3.05) is 6.61 Å². The van der Waals surface area contributed by atoms with Gasteiger partial charge in [-0.15, -0.1) is 0 Å². The summed E-state index contributed by atoms with van der Waals surface area (Å²) in [6.07, 6.45) is -4.64. The fraction of sp³-hybridized carbons (Fsp3) is 0.345. The third kappa shape index (κ3) is 7.46. The Morgan fingerprint density at radius 3 is 1.64 bits per heavy atom. The van der Waals surface area contributed by atoms with E-state index in [1.165, 1.54) is 6.92 Å². The number of hydrogen-bond acceptors (Lipinski definition) is 7. The number of aliphatic hydroxyl groups is 1. The molecule has 3 aromatic carbocycles. The third-order valence-electron chi connectivity index (χ3n) is 5.91. The molecule has 1 N–H and O–H groups in total. The van der Waals surface area contributed by atoms with Gasteiger partial charge in [0.25, 0.3) is 0 Å². The Kier molecular flexibility index (Phi) is 9.61. The normalized spacial score (nSPS) is 24.1. The van der Waals surface area contributed by atoms with Gasteiger partial charge in [0.05, 0.1) is 26.4 Å². The molecule has 3 aromatic rings. The molecule has 5 atom stereocenters. The van der Waals surface area contributed by atoms with Crippen LogP contribution in [0.1, 0.15) is 23.6 Å². The third-order valence-corrected chi connectivity index (χ3v) is 5.91. The van der Waals surface area contributed by atoms with Crippen molar-refractivity contribution in [3.05, 3.63) is 108 Å². The molecule has 0 spiro atoms. The molecule has 0 amide bonds. The van der Waals surface area contributed by atoms with Gasteiger partial charge in [-0.25, -0.2) is 0 Å². The van der Waals surface area contributed by atoms with Crippen LogP contribution < -0.4 is 0 Å². The lowest BCUT2D eigenvalue weighted by Crippen LogP contribution is -2.51. The molecular formula is C29H32O7. The van der Waals surface area contributed by atoms with E-state index in [4.69, 9.17) is 23.7 Å². The zero-order chi connectivity index (χ0) is 25.2. The van der Waals surface area contributed by atoms with Crippen molar-refractivity contribution in [1.82, 2.24) is 0 Å². The zero-order valence-electron chi connectivity index (χ0n) is 20.3. The van der Waals surface area contributed by atoms with E-state index in [1.54, 1.807) is 0 Å². The van der Waals surface area contributed by atoms with Gasteiger partial charge < -0.3 is 28.8 Å². The summed E-state index contributed by atoms with van der Waals surface area (Å²) in [5.41, 5.74) is 2.89. The summed E-state index contributed by atoms with van der Waals surface area (Å²) in [5, 5.41) is 10.8. The quantitative estimate of drug-likeness (QED) is 0.428. The van der Waals surface area contributed by atoms with Crippen molar-refractivity contribution in [3.8, 4) is 0 Å². The standard InChI is InChI=1S/C29H32O7/c1-21(30)36-28-27(34-19-24-15-9-4-10-16-24)26(33-18-23-13-7-3-8-14-23)25(20-35-29(28)31)32-17-22-11-5-2-6-12-22/h2-16,25-29,31H,17-20H2,1H3/t25-,26+,27-,28+,29+/m1/s1. The van der Waals surface area contributed by atoms with Gasteiger partial charge in [-0.3, -0.25) is 4.79 Å². The van der Waals surface area contributed by atoms with Gasteiger partial charge >= 0.3 is 5.97 Å². The molecule has 36 heavy (non-hydrogen) atoms. The Labute approximate surface area is 211 Å². The molecule has 0 bridgehead atoms. The Morgan fingerprint density at radius 1 is 0.722 bits per heavy atom. The van der Waals surface area contributed by atoms with Crippen molar-refractivity contribution in [3.63, 3.8) is 0 Å². The van der Waals surface area contributed by atoms with E-state index in [0.29, 0.717) is 6.61 Å². The molecule has 4 rings (SSSR count). The van der Waals surface area contributed by atoms with E-state index in [2.05, 4.69) is 0 Å². The largest absolute Gasteiger partial charge is 0.454 e. The second-order valence-corrected chi connectivity index (χ2v) is 8.66. The van der Waals surface area contributed by atoms with Crippen LogP contribution in [0, 0.1) is 0 Å². The minimum atomic E-state index is -1.40. The van der Waals surface area contributed by atoms with Gasteiger partial charge in [-0.05, 0) is 16.7 Å². The summed E-state index contributed by atoms with van der Waals surface area (Å²) < 4.78 is 30.1. The number of rotatable bonds is 10. The fourth-order valence-electron chi connectivity index (χ4n) is 4.11. The Balaban J connectivity index is 1.60. The summed E-state index contributed by atoms with van der Waals surface area (Å²) in [5.74, 6) is -0.554. The fourth-order valence-corrected chi connectivity index (χ4v) is 4.11. The van der Waals surface area contributed by atoms with Crippen molar-refractivity contribution in [1.29, 1.82) is 0 Å². The van der Waals surface area contributed by atoms with E-state index < -0.39 is 36.7 Å². The lowest BCUT2D eigenvalue weighted by atomic mass is 10.0. The first-order valence-corrected chi connectivity index (χ1v) is 12.0. The highest BCUT2D eigenvalue weighted by Crippen LogP contribution is 2.27. The van der Waals surface area contributed by atoms with Crippen molar-refractivity contribution < 1.29 is 33.6 Å². The van der Waals surface area contributed by atoms with Crippen LogP contribution in [0.15, 0.2) is 91.0 Å². The van der Waals surface area contributed by atoms with E-state index in [9.17, 15) is 9.90 Å². The molecule has 0 aromatic heterocycles. The van der Waals surface area contributed by atoms with Crippen LogP contribution in [0.4, 0.5) is 0 Å². The minimum absolute atomic E-state index is 0.0381. The van der Waals surface area contributed by atoms with Crippen LogP contribution in [0.3, 0.4) is 0 Å². The second-order valence-electron chi connectivity index (χ2n) is 8.66. The average Bonchev–Trinajstić information content (AvgIpc) is 3.02. The Bertz CT molecular complexity index is 1040. The number of esters is 1. The van der Waals surface area contributed by atoms with Crippen molar-refractivity contribution in [2.45, 2.75) is 57.5 Å². The molecule has 190 valence electrons. The van der Waals surface area contributed by atoms with Gasteiger partial charge in [-0.2, -0.15) is 0 Å². The maximum absolute atomic E-state index is 12.0. The summed E-state index contributed by atoms with van der Waals surface area (Å²) in [7, 11) is 0. The number of carbonyl (C=O) groups excluding carboxylic acids is 1. The molecule has 1 saturated heterocycles. The number of ether oxygens (including phenoxy) is 5. The summed E-state index contributed by atoms with van der Waals surface area (Å²) in [6, 6.07) is 29.1. The lowest BCUT2D eigenvalue weighted by Gasteiger charge is -2.34. The zero-order valence-corrected chi connectivity index (χ0v) is 20.3. The van der Waals surface area contributed by atoms with Gasteiger partial charge in [0.15, 0.2) is 12.4 Å². The predicted molar refractivity (Wildman–Crippen MR) is 133 cm³/mol. The first kappa shape index (κ1) is 26.0. The summed E-state index contributed by atoms with van der Waals surface area (Å²) >= 11 is 0. The molecule has 0 saturated carbocycles. The first-order valence-electron chi connectivity index (χ1n) is 12.0. The summed E-state index contributed by atoms with van der Waals surface area (Å²) in [6.45, 7) is 2.16. The first-order chi connectivity index (χ1) is 17.6. The molecule has 1 fully saturated rings. The molecule has 1 aliphatic heterocycles. The molecule has 1 aliphatic rings. The maximum atomic E-state index is 12.0. The van der Waals surface area contributed by atoms with Gasteiger partial charge in [0, 0.05) is 6.92 Å². The minimum Gasteiger partial charge on any atom is -0.454 e. The molecular weight excluding hydrogens is 460 g/mol. The number of benzene rings is 3. The van der Waals surface area contributed by atoms with Crippen LogP contribution in [0.5, 0.6) is 0 Å². The van der Waals surface area contributed by atoms with Crippen LogP contribution in [0.25, 0.3) is 0 Å². The highest BCUT2D eigenvalue weighted by atomic mass is 16.7. The maximum Gasteiger partial charge on any atom is 0.303 e. The van der Waals surface area contributed by atoms with E-state index in [-0.39, 0.29) is 19.8 Å². The molecule has 7 nitrogen and oxygen atoms in total. The Morgan fingerprint density at radius 2 is 1.17 bits per heavy atom. The van der Waals surface area contributed by atoms with Gasteiger partial charge in [-0.1, -0.05) is 91.0 Å². The number of aliphatic hydroxyl groups excluding tert-OH is 1. The molecule has 1 heterocycles. The predicted octanol–water partition coefficient (Wildman–Crippen LogP) is 4.02. The van der Waals surface area contributed by atoms with E-state index in [1.807, 2.05) is 91.0 Å². The number of hydrogen-bond donors (Lipinski definition) is 1. The summed E-state index contributed by atoms with van der Waals surface area (Å²) in [4.78, 5) is 12.0. The molecule has 7 heteroatoms. The Hall–Kier alpha value is -3.07. The average molecular weight is 493 g/mol. The highest BCUT2D eigenvalue weighted by Gasteiger charge is 2.46. The van der Waals surface area contributed by atoms with Gasteiger partial charge in [0.1, 0.15) is 18.3 Å².